The van der Waals surface area contributed by atoms with Gasteiger partial charge in [-0.3, -0.25) is 9.78 Å². The number of nitrogens with one attached hydrogen (secondary N) is 2. The lowest BCUT2D eigenvalue weighted by Crippen LogP contribution is -2.42. The van der Waals surface area contributed by atoms with Crippen LogP contribution in [0.15, 0.2) is 18.3 Å². The van der Waals surface area contributed by atoms with E-state index in [1.165, 1.54) is 0 Å². The highest BCUT2D eigenvalue weighted by molar-refractivity contribution is 6.30. The van der Waals surface area contributed by atoms with Gasteiger partial charge in [-0.25, -0.2) is 0 Å². The Morgan fingerprint density at radius 3 is 2.94 bits per heavy atom. The van der Waals surface area contributed by atoms with Gasteiger partial charge in [0.05, 0.1) is 0 Å². The molecule has 1 aliphatic rings. The predicted octanol–water partition coefficient (Wildman–Crippen LogP) is 1.22. The normalized spacial score (nSPS) is 17.1. The minimum atomic E-state index is -0.144. The number of aromatic nitrogens is 1. The van der Waals surface area contributed by atoms with Gasteiger partial charge in [0.1, 0.15) is 5.69 Å². The van der Waals surface area contributed by atoms with E-state index in [1.807, 2.05) is 0 Å². The van der Waals surface area contributed by atoms with Crippen molar-refractivity contribution in [3.05, 3.63) is 29.0 Å². The van der Waals surface area contributed by atoms with E-state index in [9.17, 15) is 4.79 Å². The Morgan fingerprint density at radius 2 is 2.25 bits per heavy atom. The number of hydrogen-bond acceptors (Lipinski definition) is 3. The third kappa shape index (κ3) is 2.93. The first-order valence-corrected chi connectivity index (χ1v) is 5.76. The fourth-order valence-corrected chi connectivity index (χ4v) is 1.91. The van der Waals surface area contributed by atoms with Crippen LogP contribution >= 0.6 is 11.6 Å². The molecule has 0 atom stereocenters. The summed E-state index contributed by atoms with van der Waals surface area (Å²) in [7, 11) is 0. The van der Waals surface area contributed by atoms with Crippen molar-refractivity contribution >= 4 is 17.5 Å². The summed E-state index contributed by atoms with van der Waals surface area (Å²) in [6.45, 7) is 1.90. The van der Waals surface area contributed by atoms with Gasteiger partial charge >= 0.3 is 0 Å². The van der Waals surface area contributed by atoms with E-state index in [1.54, 1.807) is 18.3 Å². The van der Waals surface area contributed by atoms with Gasteiger partial charge in [-0.2, -0.15) is 0 Å². The monoisotopic (exact) mass is 239 g/mol. The minimum Gasteiger partial charge on any atom is -0.348 e. The average Bonchev–Trinajstić information content (AvgIpc) is 2.30. The highest BCUT2D eigenvalue weighted by atomic mass is 35.5. The molecule has 0 aromatic carbocycles. The van der Waals surface area contributed by atoms with Crippen molar-refractivity contribution < 1.29 is 4.79 Å². The number of hydrogen-bond donors (Lipinski definition) is 2. The molecule has 1 saturated heterocycles. The van der Waals surface area contributed by atoms with Gasteiger partial charge in [0.25, 0.3) is 5.91 Å². The van der Waals surface area contributed by atoms with Crippen molar-refractivity contribution in [3.63, 3.8) is 0 Å². The van der Waals surface area contributed by atoms with Crippen molar-refractivity contribution in [2.45, 2.75) is 18.9 Å². The zero-order chi connectivity index (χ0) is 11.4. The first-order valence-electron chi connectivity index (χ1n) is 5.39. The number of carbonyl (C=O) groups excluding carboxylic acids is 1. The molecule has 0 radical (unpaired) electrons. The highest BCUT2D eigenvalue weighted by Gasteiger charge is 2.16. The van der Waals surface area contributed by atoms with Gasteiger partial charge in [-0.15, -0.1) is 0 Å². The first-order chi connectivity index (χ1) is 7.75. The molecular formula is C11H14ClN3O. The van der Waals surface area contributed by atoms with Crippen LogP contribution in [-0.2, 0) is 0 Å². The molecule has 1 fully saturated rings. The second-order valence-corrected chi connectivity index (χ2v) is 4.29. The summed E-state index contributed by atoms with van der Waals surface area (Å²) in [6, 6.07) is 3.48. The van der Waals surface area contributed by atoms with Gasteiger partial charge < -0.3 is 10.6 Å². The Labute approximate surface area is 99.4 Å². The summed E-state index contributed by atoms with van der Waals surface area (Å²) in [5.74, 6) is -0.144. The highest BCUT2D eigenvalue weighted by Crippen LogP contribution is 2.09. The Kier molecular flexibility index (Phi) is 3.74. The molecule has 16 heavy (non-hydrogen) atoms. The average molecular weight is 240 g/mol. The van der Waals surface area contributed by atoms with Crippen LogP contribution in [0.1, 0.15) is 23.3 Å². The molecule has 1 amide bonds. The van der Waals surface area contributed by atoms with Crippen LogP contribution in [-0.4, -0.2) is 30.0 Å². The molecule has 0 aliphatic carbocycles. The number of pyridine rings is 1. The van der Waals surface area contributed by atoms with E-state index >= 15 is 0 Å². The number of halogens is 1. The van der Waals surface area contributed by atoms with Crippen molar-refractivity contribution in [1.82, 2.24) is 15.6 Å². The molecule has 0 bridgehead atoms. The molecule has 0 saturated carbocycles. The zero-order valence-corrected chi connectivity index (χ0v) is 9.63. The van der Waals surface area contributed by atoms with E-state index in [-0.39, 0.29) is 11.9 Å². The zero-order valence-electron chi connectivity index (χ0n) is 8.87. The molecule has 2 rings (SSSR count). The first kappa shape index (κ1) is 11.4. The summed E-state index contributed by atoms with van der Waals surface area (Å²) < 4.78 is 0. The lowest BCUT2D eigenvalue weighted by atomic mass is 10.1. The van der Waals surface area contributed by atoms with E-state index in [2.05, 4.69) is 15.6 Å². The maximum atomic E-state index is 11.8. The molecule has 2 heterocycles. The molecule has 4 nitrogen and oxygen atoms in total. The summed E-state index contributed by atoms with van der Waals surface area (Å²) >= 11 is 5.80. The third-order valence-electron chi connectivity index (χ3n) is 2.63. The molecule has 2 N–H and O–H groups in total. The quantitative estimate of drug-likeness (QED) is 0.816. The molecule has 0 unspecified atom stereocenters. The summed E-state index contributed by atoms with van der Waals surface area (Å²) in [5.41, 5.74) is 0.381. The second kappa shape index (κ2) is 5.27. The smallest absolute Gasteiger partial charge is 0.270 e. The lowest BCUT2D eigenvalue weighted by molar-refractivity contribution is 0.0924. The number of amides is 1. The van der Waals surface area contributed by atoms with Gasteiger partial charge in [0.15, 0.2) is 0 Å². The van der Waals surface area contributed by atoms with Crippen molar-refractivity contribution in [2.24, 2.45) is 0 Å². The molecule has 5 heteroatoms. The third-order valence-corrected chi connectivity index (χ3v) is 2.86. The molecule has 1 aliphatic heterocycles. The van der Waals surface area contributed by atoms with Crippen molar-refractivity contribution in [2.75, 3.05) is 13.1 Å². The van der Waals surface area contributed by atoms with E-state index in [4.69, 9.17) is 11.6 Å². The number of nitrogens with zero attached hydrogens (tertiary/aromatic N) is 1. The SMILES string of the molecule is O=C(NC1CCNCC1)c1cc(Cl)ccn1. The Hall–Kier alpha value is -1.13. The van der Waals surface area contributed by atoms with Crippen LogP contribution < -0.4 is 10.6 Å². The lowest BCUT2D eigenvalue weighted by Gasteiger charge is -2.23. The summed E-state index contributed by atoms with van der Waals surface area (Å²) in [5, 5.41) is 6.74. The molecule has 1 aromatic heterocycles. The fraction of sp³-hybridized carbons (Fsp3) is 0.455. The standard InChI is InChI=1S/C11H14ClN3O/c12-8-1-6-14-10(7-8)11(16)15-9-2-4-13-5-3-9/h1,6-7,9,13H,2-5H2,(H,15,16). The summed E-state index contributed by atoms with van der Waals surface area (Å²) in [4.78, 5) is 15.8. The van der Waals surface area contributed by atoms with Crippen LogP contribution in [0.3, 0.4) is 0 Å². The van der Waals surface area contributed by atoms with Gasteiger partial charge in [-0.1, -0.05) is 11.6 Å². The number of carbonyl (C=O) groups is 1. The topological polar surface area (TPSA) is 54.0 Å². The second-order valence-electron chi connectivity index (χ2n) is 3.86. The van der Waals surface area contributed by atoms with Gasteiger partial charge in [0.2, 0.25) is 0 Å². The van der Waals surface area contributed by atoms with Crippen molar-refractivity contribution in [1.29, 1.82) is 0 Å². The van der Waals surface area contributed by atoms with E-state index < -0.39 is 0 Å². The largest absolute Gasteiger partial charge is 0.348 e. The van der Waals surface area contributed by atoms with Crippen LogP contribution in [0.25, 0.3) is 0 Å². The van der Waals surface area contributed by atoms with Gasteiger partial charge in [0, 0.05) is 17.3 Å². The van der Waals surface area contributed by atoms with Crippen LogP contribution in [0, 0.1) is 0 Å². The molecule has 0 spiro atoms. The van der Waals surface area contributed by atoms with Crippen LogP contribution in [0.2, 0.25) is 5.02 Å². The van der Waals surface area contributed by atoms with Crippen LogP contribution in [0.5, 0.6) is 0 Å². The van der Waals surface area contributed by atoms with Gasteiger partial charge in [-0.05, 0) is 38.1 Å². The molecule has 86 valence electrons. The maximum absolute atomic E-state index is 11.8. The molecular weight excluding hydrogens is 226 g/mol. The Balaban J connectivity index is 1.97. The maximum Gasteiger partial charge on any atom is 0.270 e. The fourth-order valence-electron chi connectivity index (χ4n) is 1.75. The summed E-state index contributed by atoms with van der Waals surface area (Å²) in [6.07, 6.45) is 3.47. The molecule has 1 aromatic rings. The predicted molar refractivity (Wildman–Crippen MR) is 62.6 cm³/mol. The van der Waals surface area contributed by atoms with Crippen LogP contribution in [0.4, 0.5) is 0 Å². The number of rotatable bonds is 2. The Bertz CT molecular complexity index is 377. The van der Waals surface area contributed by atoms with E-state index in [0.717, 1.165) is 25.9 Å². The van der Waals surface area contributed by atoms with E-state index in [0.29, 0.717) is 10.7 Å². The number of piperidine rings is 1. The Morgan fingerprint density at radius 1 is 1.50 bits per heavy atom. The van der Waals surface area contributed by atoms with Crippen molar-refractivity contribution in [3.8, 4) is 0 Å². The minimum absolute atomic E-state index is 0.144.